The van der Waals surface area contributed by atoms with Crippen molar-refractivity contribution in [2.24, 2.45) is 0 Å². The van der Waals surface area contributed by atoms with Crippen molar-refractivity contribution in [1.29, 1.82) is 0 Å². The van der Waals surface area contributed by atoms with Crippen LogP contribution in [0.25, 0.3) is 0 Å². The zero-order valence-electron chi connectivity index (χ0n) is 15.5. The first-order valence-corrected chi connectivity index (χ1v) is 8.18. The van der Waals surface area contributed by atoms with Gasteiger partial charge in [-0.2, -0.15) is 0 Å². The van der Waals surface area contributed by atoms with Crippen LogP contribution in [0.5, 0.6) is 0 Å². The summed E-state index contributed by atoms with van der Waals surface area (Å²) in [6.45, 7) is 10.0. The smallest absolute Gasteiger partial charge is 0.408 e. The quantitative estimate of drug-likeness (QED) is 0.420. The molecule has 1 aliphatic heterocycles. The first kappa shape index (κ1) is 20.7. The van der Waals surface area contributed by atoms with Crippen LogP contribution in [-0.2, 0) is 28.6 Å². The van der Waals surface area contributed by atoms with Gasteiger partial charge < -0.3 is 24.4 Å². The summed E-state index contributed by atoms with van der Waals surface area (Å²) < 4.78 is 14.8. The Bertz CT molecular complexity index is 517. The minimum absolute atomic E-state index is 0.124. The molecule has 1 fully saturated rings. The van der Waals surface area contributed by atoms with Gasteiger partial charge in [0, 0.05) is 0 Å². The van der Waals surface area contributed by atoms with Gasteiger partial charge in [-0.1, -0.05) is 0 Å². The zero-order chi connectivity index (χ0) is 19.4. The second kappa shape index (κ2) is 8.17. The molecule has 0 saturated carbocycles. The lowest BCUT2D eigenvalue weighted by Gasteiger charge is -2.21. The number of nitrogens with zero attached hydrogens (tertiary/aromatic N) is 1. The van der Waals surface area contributed by atoms with Gasteiger partial charge in [-0.05, 0) is 41.5 Å². The summed E-state index contributed by atoms with van der Waals surface area (Å²) in [5.74, 6) is -1.96. The fourth-order valence-electron chi connectivity index (χ4n) is 2.22. The van der Waals surface area contributed by atoms with Gasteiger partial charge in [0.15, 0.2) is 12.1 Å². The fourth-order valence-corrected chi connectivity index (χ4v) is 2.22. The van der Waals surface area contributed by atoms with Crippen LogP contribution in [0.1, 0.15) is 41.5 Å². The molecular formula is C16H26N2O7. The van der Waals surface area contributed by atoms with Crippen molar-refractivity contribution in [3.8, 4) is 0 Å². The third-order valence-corrected chi connectivity index (χ3v) is 3.22. The van der Waals surface area contributed by atoms with E-state index in [9.17, 15) is 19.2 Å². The van der Waals surface area contributed by atoms with E-state index >= 15 is 0 Å². The maximum Gasteiger partial charge on any atom is 0.408 e. The van der Waals surface area contributed by atoms with E-state index in [-0.39, 0.29) is 13.2 Å². The number of esters is 2. The van der Waals surface area contributed by atoms with E-state index in [1.165, 1.54) is 6.92 Å². The molecule has 0 aromatic carbocycles. The van der Waals surface area contributed by atoms with Gasteiger partial charge in [0.05, 0.1) is 13.2 Å². The molecule has 0 spiro atoms. The summed E-state index contributed by atoms with van der Waals surface area (Å²) in [4.78, 5) is 49.2. The molecule has 3 atom stereocenters. The van der Waals surface area contributed by atoms with Gasteiger partial charge in [0.2, 0.25) is 5.91 Å². The number of rotatable bonds is 6. The van der Waals surface area contributed by atoms with Gasteiger partial charge in [-0.15, -0.1) is 0 Å². The van der Waals surface area contributed by atoms with Gasteiger partial charge in [0.25, 0.3) is 0 Å². The van der Waals surface area contributed by atoms with Crippen LogP contribution < -0.4 is 5.32 Å². The van der Waals surface area contributed by atoms with Gasteiger partial charge in [-0.25, -0.2) is 14.4 Å². The average Bonchev–Trinajstić information content (AvgIpc) is 3.20. The molecule has 0 unspecified atom stereocenters. The molecule has 25 heavy (non-hydrogen) atoms. The molecular weight excluding hydrogens is 332 g/mol. The van der Waals surface area contributed by atoms with E-state index in [1.807, 2.05) is 0 Å². The number of carbonyl (C=O) groups is 4. The second-order valence-electron chi connectivity index (χ2n) is 6.51. The molecule has 0 aromatic heterocycles. The first-order valence-electron chi connectivity index (χ1n) is 8.18. The summed E-state index contributed by atoms with van der Waals surface area (Å²) in [7, 11) is 0. The third-order valence-electron chi connectivity index (χ3n) is 3.22. The molecule has 0 aromatic rings. The van der Waals surface area contributed by atoms with Crippen molar-refractivity contribution in [3.05, 3.63) is 0 Å². The number of hydrogen-bond donors (Lipinski definition) is 1. The molecule has 9 heteroatoms. The molecule has 0 bridgehead atoms. The topological polar surface area (TPSA) is 111 Å². The number of nitrogens with one attached hydrogen (secondary N) is 1. The number of amides is 2. The molecule has 1 N–H and O–H groups in total. The van der Waals surface area contributed by atoms with Crippen LogP contribution in [0.4, 0.5) is 4.79 Å². The van der Waals surface area contributed by atoms with Crippen LogP contribution in [0.15, 0.2) is 0 Å². The Kier molecular flexibility index (Phi) is 6.78. The SMILES string of the molecule is CCOC(=O)[C@@H]1[C@@H](C(=O)OCC)N1C(=O)[C@H](C)NC(=O)OC(C)(C)C. The molecule has 0 aliphatic carbocycles. The molecule has 1 aliphatic rings. The minimum atomic E-state index is -1.03. The van der Waals surface area contributed by atoms with Crippen molar-refractivity contribution in [1.82, 2.24) is 10.2 Å². The number of ether oxygens (including phenoxy) is 3. The number of hydrogen-bond acceptors (Lipinski definition) is 7. The predicted molar refractivity (Wildman–Crippen MR) is 86.5 cm³/mol. The summed E-state index contributed by atoms with van der Waals surface area (Å²) in [6.07, 6.45) is -0.768. The van der Waals surface area contributed by atoms with Crippen LogP contribution in [0.3, 0.4) is 0 Å². The largest absolute Gasteiger partial charge is 0.464 e. The molecule has 2 amide bonds. The van der Waals surface area contributed by atoms with Crippen LogP contribution in [-0.4, -0.2) is 65.8 Å². The molecule has 0 radical (unpaired) electrons. The highest BCUT2D eigenvalue weighted by Gasteiger charge is 2.62. The van der Waals surface area contributed by atoms with Crippen molar-refractivity contribution < 1.29 is 33.4 Å². The normalized spacial score (nSPS) is 20.3. The summed E-state index contributed by atoms with van der Waals surface area (Å²) in [5.41, 5.74) is -0.715. The maximum absolute atomic E-state index is 12.5. The summed E-state index contributed by atoms with van der Waals surface area (Å²) in [5, 5.41) is 2.38. The van der Waals surface area contributed by atoms with E-state index in [0.717, 1.165) is 4.90 Å². The molecule has 1 heterocycles. The van der Waals surface area contributed by atoms with Gasteiger partial charge in [0.1, 0.15) is 11.6 Å². The Hall–Kier alpha value is -2.32. The van der Waals surface area contributed by atoms with E-state index in [1.54, 1.807) is 34.6 Å². The standard InChI is InChI=1S/C16H26N2O7/c1-7-23-13(20)10-11(14(21)24-8-2)18(10)12(19)9(3)17-15(22)25-16(4,5)6/h9-11H,7-8H2,1-6H3,(H,17,22)/t9-,10-,11-/m0/s1. The second-order valence-corrected chi connectivity index (χ2v) is 6.51. The van der Waals surface area contributed by atoms with Crippen molar-refractivity contribution in [3.63, 3.8) is 0 Å². The van der Waals surface area contributed by atoms with E-state index < -0.39 is 47.7 Å². The van der Waals surface area contributed by atoms with Crippen molar-refractivity contribution in [2.75, 3.05) is 13.2 Å². The van der Waals surface area contributed by atoms with Crippen molar-refractivity contribution >= 4 is 23.9 Å². The highest BCUT2D eigenvalue weighted by Crippen LogP contribution is 2.31. The first-order chi connectivity index (χ1) is 11.5. The Balaban J connectivity index is 2.77. The van der Waals surface area contributed by atoms with E-state index in [0.29, 0.717) is 0 Å². The lowest BCUT2D eigenvalue weighted by molar-refractivity contribution is -0.147. The Morgan fingerprint density at radius 1 is 1.00 bits per heavy atom. The molecule has 9 nitrogen and oxygen atoms in total. The number of alkyl carbamates (subject to hydrolysis) is 1. The lowest BCUT2D eigenvalue weighted by atomic mass is 10.2. The summed E-state index contributed by atoms with van der Waals surface area (Å²) in [6, 6.07) is -3.05. The minimum Gasteiger partial charge on any atom is -0.464 e. The zero-order valence-corrected chi connectivity index (χ0v) is 15.5. The monoisotopic (exact) mass is 358 g/mol. The van der Waals surface area contributed by atoms with Gasteiger partial charge >= 0.3 is 18.0 Å². The average molecular weight is 358 g/mol. The maximum atomic E-state index is 12.5. The Morgan fingerprint density at radius 2 is 1.44 bits per heavy atom. The lowest BCUT2D eigenvalue weighted by Crippen LogP contribution is -2.45. The molecule has 142 valence electrons. The van der Waals surface area contributed by atoms with Gasteiger partial charge in [-0.3, -0.25) is 4.79 Å². The highest BCUT2D eigenvalue weighted by molar-refractivity contribution is 6.02. The van der Waals surface area contributed by atoms with Crippen LogP contribution in [0, 0.1) is 0 Å². The molecule has 1 rings (SSSR count). The van der Waals surface area contributed by atoms with E-state index in [2.05, 4.69) is 5.32 Å². The number of carbonyl (C=O) groups excluding carboxylic acids is 4. The Morgan fingerprint density at radius 3 is 1.80 bits per heavy atom. The predicted octanol–water partition coefficient (Wildman–Crippen LogP) is 0.605. The van der Waals surface area contributed by atoms with Crippen molar-refractivity contribution in [2.45, 2.75) is 65.3 Å². The van der Waals surface area contributed by atoms with Crippen LogP contribution >= 0.6 is 0 Å². The van der Waals surface area contributed by atoms with Crippen LogP contribution in [0.2, 0.25) is 0 Å². The molecule has 1 saturated heterocycles. The highest BCUT2D eigenvalue weighted by atomic mass is 16.6. The fraction of sp³-hybridized carbons (Fsp3) is 0.750. The van der Waals surface area contributed by atoms with E-state index in [4.69, 9.17) is 14.2 Å². The third kappa shape index (κ3) is 5.61. The Labute approximate surface area is 147 Å². The summed E-state index contributed by atoms with van der Waals surface area (Å²) >= 11 is 0.